The van der Waals surface area contributed by atoms with E-state index < -0.39 is 76.0 Å². The third kappa shape index (κ3) is 28.7. The van der Waals surface area contributed by atoms with Crippen LogP contribution in [0.1, 0.15) is 162 Å². The molecule has 0 aromatic heterocycles. The minimum absolute atomic E-state index is 0.0432. The van der Waals surface area contributed by atoms with E-state index in [1.807, 2.05) is 18.2 Å². The Bertz CT molecular complexity index is 1260. The van der Waals surface area contributed by atoms with Crippen LogP contribution in [0, 0.1) is 11.8 Å². The molecule has 1 rings (SSSR count). The summed E-state index contributed by atoms with van der Waals surface area (Å²) in [6, 6.07) is -1.56. The van der Waals surface area contributed by atoms with Crippen LogP contribution in [-0.4, -0.2) is 93.5 Å². The Morgan fingerprint density at radius 1 is 0.729 bits per heavy atom. The van der Waals surface area contributed by atoms with Crippen LogP contribution in [0.2, 0.25) is 0 Å². The number of aliphatic hydroxyl groups excluding tert-OH is 3. The molecular formula is C44H78NO13P. The Hall–Kier alpha value is -2.42. The van der Waals surface area contributed by atoms with Crippen LogP contribution in [0.5, 0.6) is 0 Å². The molecule has 0 spiro atoms. The quantitative estimate of drug-likeness (QED) is 0.0150. The van der Waals surface area contributed by atoms with E-state index in [0.717, 1.165) is 57.8 Å². The Kier molecular flexibility index (Phi) is 31.6. The number of hydrogen-bond acceptors (Lipinski definition) is 12. The number of rotatable bonds is 37. The maximum Gasteiger partial charge on any atom is 0.472 e. The summed E-state index contributed by atoms with van der Waals surface area (Å²) in [7, 11) is -4.78. The van der Waals surface area contributed by atoms with Crippen LogP contribution in [0.15, 0.2) is 36.5 Å². The lowest BCUT2D eigenvalue weighted by molar-refractivity contribution is -0.161. The van der Waals surface area contributed by atoms with E-state index in [4.69, 9.17) is 24.8 Å². The third-order valence-electron chi connectivity index (χ3n) is 10.4. The molecule has 1 unspecified atom stereocenters. The van der Waals surface area contributed by atoms with E-state index in [-0.39, 0.29) is 31.1 Å². The van der Waals surface area contributed by atoms with Crippen LogP contribution in [0.4, 0.5) is 0 Å². The average Bonchev–Trinajstić information content (AvgIpc) is 3.47. The van der Waals surface area contributed by atoms with Crippen molar-refractivity contribution in [2.24, 2.45) is 17.6 Å². The monoisotopic (exact) mass is 860 g/mol. The molecule has 0 aromatic rings. The highest BCUT2D eigenvalue weighted by atomic mass is 31.2. The lowest BCUT2D eigenvalue weighted by Crippen LogP contribution is -2.34. The first-order valence-electron chi connectivity index (χ1n) is 22.3. The van der Waals surface area contributed by atoms with Crippen molar-refractivity contribution < 1.29 is 62.8 Å². The molecule has 1 aliphatic rings. The fourth-order valence-corrected chi connectivity index (χ4v) is 7.60. The molecule has 342 valence electrons. The fourth-order valence-electron chi connectivity index (χ4n) is 6.82. The number of esters is 2. The zero-order valence-electron chi connectivity index (χ0n) is 35.9. The van der Waals surface area contributed by atoms with Gasteiger partial charge in [-0.1, -0.05) is 121 Å². The number of aliphatic hydroxyl groups is 3. The van der Waals surface area contributed by atoms with Crippen LogP contribution in [-0.2, 0) is 37.5 Å². The van der Waals surface area contributed by atoms with Crippen LogP contribution >= 0.6 is 7.82 Å². The van der Waals surface area contributed by atoms with Crippen molar-refractivity contribution in [1.29, 1.82) is 0 Å². The van der Waals surface area contributed by atoms with Gasteiger partial charge in [-0.2, -0.15) is 0 Å². The number of carboxylic acid groups (broad SMARTS) is 1. The van der Waals surface area contributed by atoms with Crippen molar-refractivity contribution in [1.82, 2.24) is 0 Å². The smallest absolute Gasteiger partial charge is 0.472 e. The summed E-state index contributed by atoms with van der Waals surface area (Å²) in [6.07, 6.45) is 28.8. The molecule has 15 heteroatoms. The second-order valence-electron chi connectivity index (χ2n) is 15.8. The summed E-state index contributed by atoms with van der Waals surface area (Å²) in [6.45, 7) is 2.44. The van der Waals surface area contributed by atoms with Gasteiger partial charge in [0.1, 0.15) is 12.6 Å². The van der Waals surface area contributed by atoms with E-state index in [1.54, 1.807) is 6.08 Å². The molecule has 0 heterocycles. The van der Waals surface area contributed by atoms with Gasteiger partial charge in [-0.15, -0.1) is 0 Å². The number of ether oxygens (including phenoxy) is 2. The number of allylic oxidation sites excluding steroid dienone is 4. The molecule has 14 nitrogen and oxygen atoms in total. The van der Waals surface area contributed by atoms with Crippen molar-refractivity contribution in [3.8, 4) is 0 Å². The molecule has 1 saturated carbocycles. The van der Waals surface area contributed by atoms with E-state index in [1.165, 1.54) is 38.5 Å². The number of phosphoric ester groups is 1. The molecule has 1 aliphatic carbocycles. The second-order valence-corrected chi connectivity index (χ2v) is 17.2. The number of nitrogens with two attached hydrogens (primary N) is 1. The minimum atomic E-state index is -4.78. The van der Waals surface area contributed by atoms with Crippen molar-refractivity contribution in [3.63, 3.8) is 0 Å². The molecule has 0 aromatic carbocycles. The first-order valence-corrected chi connectivity index (χ1v) is 23.8. The largest absolute Gasteiger partial charge is 0.480 e. The molecule has 0 amide bonds. The summed E-state index contributed by atoms with van der Waals surface area (Å²) in [4.78, 5) is 46.2. The molecular weight excluding hydrogens is 781 g/mol. The van der Waals surface area contributed by atoms with Gasteiger partial charge in [0.2, 0.25) is 0 Å². The SMILES string of the molecule is CCCCCCCC/C=C\CCCCCCCC(=O)O[C@H](COC(=O)CCC/C=C/C[C@@H]1[C@@H](/C=C/[C@@H](O)CCCCC)[C@H](O)C[C@@H]1O)COP(=O)(O)OC[C@H](N)C(=O)O. The number of unbranched alkanes of at least 4 members (excludes halogenated alkanes) is 14. The van der Waals surface area contributed by atoms with Gasteiger partial charge in [-0.3, -0.25) is 23.4 Å². The zero-order valence-corrected chi connectivity index (χ0v) is 36.8. The van der Waals surface area contributed by atoms with Gasteiger partial charge >= 0.3 is 25.7 Å². The lowest BCUT2D eigenvalue weighted by atomic mass is 9.89. The lowest BCUT2D eigenvalue weighted by Gasteiger charge is -2.20. The van der Waals surface area contributed by atoms with Crippen molar-refractivity contribution in [3.05, 3.63) is 36.5 Å². The first-order chi connectivity index (χ1) is 28.3. The average molecular weight is 860 g/mol. The van der Waals surface area contributed by atoms with Crippen molar-refractivity contribution >= 4 is 25.7 Å². The van der Waals surface area contributed by atoms with E-state index in [9.17, 15) is 39.2 Å². The summed E-state index contributed by atoms with van der Waals surface area (Å²) in [5, 5.41) is 40.2. The number of carbonyl (C=O) groups is 3. The van der Waals surface area contributed by atoms with Crippen molar-refractivity contribution in [2.75, 3.05) is 19.8 Å². The molecule has 59 heavy (non-hydrogen) atoms. The molecule has 8 atom stereocenters. The second kappa shape index (κ2) is 34.2. The normalized spacial score (nSPS) is 20.9. The number of carboxylic acids is 1. The van der Waals surface area contributed by atoms with E-state index in [2.05, 4.69) is 30.5 Å². The first kappa shape index (κ1) is 54.6. The minimum Gasteiger partial charge on any atom is -0.480 e. The molecule has 0 saturated heterocycles. The van der Waals surface area contributed by atoms with Gasteiger partial charge in [0.25, 0.3) is 0 Å². The number of phosphoric acid groups is 1. The molecule has 7 N–H and O–H groups in total. The number of aliphatic carboxylic acids is 1. The summed E-state index contributed by atoms with van der Waals surface area (Å²) in [5.41, 5.74) is 5.33. The summed E-state index contributed by atoms with van der Waals surface area (Å²) in [5.74, 6) is -3.07. The maximum atomic E-state index is 12.7. The molecule has 0 aliphatic heterocycles. The number of carbonyl (C=O) groups excluding carboxylic acids is 2. The predicted octanol–water partition coefficient (Wildman–Crippen LogP) is 8.00. The van der Waals surface area contributed by atoms with Gasteiger partial charge in [0.05, 0.1) is 31.5 Å². The van der Waals surface area contributed by atoms with E-state index >= 15 is 0 Å². The van der Waals surface area contributed by atoms with Crippen molar-refractivity contribution in [2.45, 2.75) is 192 Å². The standard InChI is InChI=1S/C44H78NO13P/c1-3-5-7-8-9-10-11-12-13-14-15-16-17-18-24-28-43(50)58-36(33-56-59(53,54)57-34-39(45)44(51)52)32-55-42(49)27-23-20-19-22-26-37-38(41(48)31-40(37)47)30-29-35(46)25-21-6-4-2/h12-13,19,22,29-30,35-41,46-48H,3-11,14-18,20-21,23-28,31-34,45H2,1-2H3,(H,51,52)(H,53,54)/b13-12-,22-19+,30-29+/t35-,36+,37+,38+,39-,40-,41+/m0/s1. The summed E-state index contributed by atoms with van der Waals surface area (Å²) >= 11 is 0. The Morgan fingerprint density at radius 3 is 1.95 bits per heavy atom. The van der Waals surface area contributed by atoms with Gasteiger partial charge in [-0.25, -0.2) is 4.57 Å². The maximum absolute atomic E-state index is 12.7. The molecule has 0 bridgehead atoms. The molecule has 0 radical (unpaired) electrons. The van der Waals surface area contributed by atoms with E-state index in [0.29, 0.717) is 32.1 Å². The van der Waals surface area contributed by atoms with Gasteiger partial charge in [-0.05, 0) is 63.7 Å². The molecule has 1 fully saturated rings. The Morgan fingerprint density at radius 2 is 1.29 bits per heavy atom. The van der Waals surface area contributed by atoms with Gasteiger partial charge in [0, 0.05) is 25.2 Å². The zero-order chi connectivity index (χ0) is 43.7. The highest BCUT2D eigenvalue weighted by Gasteiger charge is 2.39. The van der Waals surface area contributed by atoms with Crippen LogP contribution in [0.3, 0.4) is 0 Å². The Balaban J connectivity index is 2.51. The highest BCUT2D eigenvalue weighted by Crippen LogP contribution is 2.43. The highest BCUT2D eigenvalue weighted by molar-refractivity contribution is 7.47. The van der Waals surface area contributed by atoms with Crippen LogP contribution < -0.4 is 5.73 Å². The Labute approximate surface area is 353 Å². The van der Waals surface area contributed by atoms with Gasteiger partial charge < -0.3 is 40.5 Å². The third-order valence-corrected chi connectivity index (χ3v) is 11.4. The fraction of sp³-hybridized carbons (Fsp3) is 0.795. The summed E-state index contributed by atoms with van der Waals surface area (Å²) < 4.78 is 32.7. The number of hydrogen-bond donors (Lipinski definition) is 6. The predicted molar refractivity (Wildman–Crippen MR) is 228 cm³/mol. The topological polar surface area (TPSA) is 232 Å². The van der Waals surface area contributed by atoms with Gasteiger partial charge in [0.15, 0.2) is 6.10 Å². The van der Waals surface area contributed by atoms with Crippen LogP contribution in [0.25, 0.3) is 0 Å².